The van der Waals surface area contributed by atoms with Crippen LogP contribution in [0.4, 0.5) is 9.52 Å². The van der Waals surface area contributed by atoms with Gasteiger partial charge in [0.1, 0.15) is 5.82 Å². The van der Waals surface area contributed by atoms with E-state index in [-0.39, 0.29) is 15.7 Å². The Morgan fingerprint density at radius 3 is 2.64 bits per heavy atom. The first-order valence-corrected chi connectivity index (χ1v) is 7.45. The summed E-state index contributed by atoms with van der Waals surface area (Å²) in [7, 11) is 0. The van der Waals surface area contributed by atoms with Crippen molar-refractivity contribution in [1.29, 1.82) is 0 Å². The zero-order valence-electron chi connectivity index (χ0n) is 11.1. The van der Waals surface area contributed by atoms with Gasteiger partial charge < -0.3 is 0 Å². The van der Waals surface area contributed by atoms with Crippen LogP contribution in [0.1, 0.15) is 10.4 Å². The lowest BCUT2D eigenvalue weighted by Gasteiger charge is -2.04. The molecule has 3 aromatic rings. The molecule has 4 nitrogen and oxygen atoms in total. The molecule has 0 spiro atoms. The summed E-state index contributed by atoms with van der Waals surface area (Å²) in [6.45, 7) is 0. The molecule has 1 amide bonds. The number of aromatic nitrogens is 2. The molecular formula is C15H9ClFN3OS. The van der Waals surface area contributed by atoms with Crippen molar-refractivity contribution < 1.29 is 9.18 Å². The monoisotopic (exact) mass is 333 g/mol. The number of hydrogen-bond acceptors (Lipinski definition) is 4. The van der Waals surface area contributed by atoms with E-state index in [1.54, 1.807) is 0 Å². The number of carbonyl (C=O) groups is 1. The topological polar surface area (TPSA) is 54.9 Å². The minimum Gasteiger partial charge on any atom is -0.296 e. The molecule has 1 N–H and O–H groups in total. The number of carbonyl (C=O) groups excluding carboxylic acids is 1. The van der Waals surface area contributed by atoms with E-state index in [2.05, 4.69) is 14.7 Å². The second-order valence-corrected chi connectivity index (χ2v) is 5.50. The number of nitrogens with zero attached hydrogens (tertiary/aromatic N) is 2. The minimum atomic E-state index is -0.683. The van der Waals surface area contributed by atoms with Crippen LogP contribution >= 0.6 is 23.1 Å². The standard InChI is InChI=1S/C15H9ClFN3OS/c16-10-7-4-8-11(17)12(10)14(21)19-15-18-13(20-22-15)9-5-2-1-3-6-9/h1-8H,(H,18,19,20,21). The molecular weight excluding hydrogens is 325 g/mol. The van der Waals surface area contributed by atoms with Crippen LogP contribution in [0.15, 0.2) is 48.5 Å². The summed E-state index contributed by atoms with van der Waals surface area (Å²) in [5.74, 6) is -0.836. The van der Waals surface area contributed by atoms with E-state index < -0.39 is 11.7 Å². The second-order valence-electron chi connectivity index (χ2n) is 4.34. The van der Waals surface area contributed by atoms with E-state index in [0.717, 1.165) is 17.1 Å². The molecule has 0 saturated carbocycles. The van der Waals surface area contributed by atoms with E-state index in [1.165, 1.54) is 18.2 Å². The van der Waals surface area contributed by atoms with Gasteiger partial charge in [0, 0.05) is 17.1 Å². The number of anilines is 1. The first kappa shape index (κ1) is 14.6. The van der Waals surface area contributed by atoms with Crippen LogP contribution in [0.25, 0.3) is 11.4 Å². The van der Waals surface area contributed by atoms with Gasteiger partial charge in [0.15, 0.2) is 5.82 Å². The van der Waals surface area contributed by atoms with E-state index in [4.69, 9.17) is 11.6 Å². The predicted octanol–water partition coefficient (Wildman–Crippen LogP) is 4.25. The number of halogens is 2. The Kier molecular flexibility index (Phi) is 4.13. The van der Waals surface area contributed by atoms with Crippen molar-refractivity contribution in [2.24, 2.45) is 0 Å². The highest BCUT2D eigenvalue weighted by Crippen LogP contribution is 2.23. The Hall–Kier alpha value is -2.31. The fraction of sp³-hybridized carbons (Fsp3) is 0. The van der Waals surface area contributed by atoms with E-state index >= 15 is 0 Å². The molecule has 110 valence electrons. The number of hydrogen-bond donors (Lipinski definition) is 1. The zero-order valence-corrected chi connectivity index (χ0v) is 12.7. The average molecular weight is 334 g/mol. The van der Waals surface area contributed by atoms with Crippen LogP contribution in [0.3, 0.4) is 0 Å². The lowest BCUT2D eigenvalue weighted by molar-refractivity contribution is 0.102. The fourth-order valence-corrected chi connectivity index (χ4v) is 2.69. The zero-order chi connectivity index (χ0) is 15.5. The van der Waals surface area contributed by atoms with Gasteiger partial charge >= 0.3 is 0 Å². The van der Waals surface area contributed by atoms with Gasteiger partial charge in [-0.3, -0.25) is 10.1 Å². The Morgan fingerprint density at radius 2 is 1.91 bits per heavy atom. The molecule has 1 aromatic heterocycles. The second kappa shape index (κ2) is 6.21. The van der Waals surface area contributed by atoms with Gasteiger partial charge in [-0.2, -0.15) is 9.36 Å². The van der Waals surface area contributed by atoms with Crippen LogP contribution in [-0.4, -0.2) is 15.3 Å². The quantitative estimate of drug-likeness (QED) is 0.779. The van der Waals surface area contributed by atoms with E-state index in [1.807, 2.05) is 30.3 Å². The maximum atomic E-state index is 13.7. The summed E-state index contributed by atoms with van der Waals surface area (Å²) in [4.78, 5) is 16.3. The van der Waals surface area contributed by atoms with Crippen molar-refractivity contribution in [3.05, 3.63) is 64.9 Å². The predicted molar refractivity (Wildman–Crippen MR) is 84.7 cm³/mol. The molecule has 22 heavy (non-hydrogen) atoms. The molecule has 3 rings (SSSR count). The first-order chi connectivity index (χ1) is 10.6. The molecule has 0 radical (unpaired) electrons. The number of benzene rings is 2. The first-order valence-electron chi connectivity index (χ1n) is 6.29. The maximum Gasteiger partial charge on any atom is 0.261 e. The smallest absolute Gasteiger partial charge is 0.261 e. The third-order valence-corrected chi connectivity index (χ3v) is 3.81. The SMILES string of the molecule is O=C(Nc1nc(-c2ccccc2)ns1)c1c(F)cccc1Cl. The van der Waals surface area contributed by atoms with Crippen LogP contribution in [0.5, 0.6) is 0 Å². The Balaban J connectivity index is 1.82. The van der Waals surface area contributed by atoms with Crippen molar-refractivity contribution in [3.8, 4) is 11.4 Å². The van der Waals surface area contributed by atoms with Gasteiger partial charge in [-0.1, -0.05) is 48.0 Å². The average Bonchev–Trinajstić information content (AvgIpc) is 2.96. The molecule has 0 aliphatic rings. The Bertz CT molecular complexity index is 802. The summed E-state index contributed by atoms with van der Waals surface area (Å²) in [6, 6.07) is 13.4. The fourth-order valence-electron chi connectivity index (χ4n) is 1.85. The van der Waals surface area contributed by atoms with Crippen molar-refractivity contribution >= 4 is 34.2 Å². The number of rotatable bonds is 3. The van der Waals surface area contributed by atoms with Crippen molar-refractivity contribution in [3.63, 3.8) is 0 Å². The highest BCUT2D eigenvalue weighted by molar-refractivity contribution is 7.10. The maximum absolute atomic E-state index is 13.7. The van der Waals surface area contributed by atoms with Crippen LogP contribution < -0.4 is 5.32 Å². The normalized spacial score (nSPS) is 10.5. The third kappa shape index (κ3) is 2.98. The molecule has 7 heteroatoms. The van der Waals surface area contributed by atoms with Crippen LogP contribution in [-0.2, 0) is 0 Å². The Labute approximate surface area is 134 Å². The molecule has 0 fully saturated rings. The lowest BCUT2D eigenvalue weighted by atomic mass is 10.2. The molecule has 0 unspecified atom stereocenters. The van der Waals surface area contributed by atoms with Gasteiger partial charge in [0.25, 0.3) is 5.91 Å². The molecule has 0 aliphatic carbocycles. The van der Waals surface area contributed by atoms with Gasteiger partial charge in [-0.25, -0.2) is 4.39 Å². The molecule has 0 saturated heterocycles. The minimum absolute atomic E-state index is 0.0466. The van der Waals surface area contributed by atoms with Gasteiger partial charge in [-0.15, -0.1) is 0 Å². The highest BCUT2D eigenvalue weighted by Gasteiger charge is 2.17. The number of nitrogens with one attached hydrogen (secondary N) is 1. The van der Waals surface area contributed by atoms with Gasteiger partial charge in [-0.05, 0) is 12.1 Å². The summed E-state index contributed by atoms with van der Waals surface area (Å²) in [5.41, 5.74) is 0.629. The summed E-state index contributed by atoms with van der Waals surface area (Å²) in [6.07, 6.45) is 0. The molecule has 0 aliphatic heterocycles. The largest absolute Gasteiger partial charge is 0.296 e. The van der Waals surface area contributed by atoms with Crippen molar-refractivity contribution in [2.45, 2.75) is 0 Å². The third-order valence-electron chi connectivity index (χ3n) is 2.87. The van der Waals surface area contributed by atoms with Crippen LogP contribution in [0.2, 0.25) is 5.02 Å². The lowest BCUT2D eigenvalue weighted by Crippen LogP contribution is -2.14. The van der Waals surface area contributed by atoms with Crippen molar-refractivity contribution in [2.75, 3.05) is 5.32 Å². The van der Waals surface area contributed by atoms with E-state index in [9.17, 15) is 9.18 Å². The molecule has 2 aromatic carbocycles. The van der Waals surface area contributed by atoms with Gasteiger partial charge in [0.05, 0.1) is 10.6 Å². The van der Waals surface area contributed by atoms with Crippen molar-refractivity contribution in [1.82, 2.24) is 9.36 Å². The number of amides is 1. The molecule has 1 heterocycles. The summed E-state index contributed by atoms with van der Waals surface area (Å²) in [5, 5.41) is 2.84. The van der Waals surface area contributed by atoms with E-state index in [0.29, 0.717) is 5.82 Å². The molecule has 0 atom stereocenters. The highest BCUT2D eigenvalue weighted by atomic mass is 35.5. The summed E-state index contributed by atoms with van der Waals surface area (Å²) < 4.78 is 17.9. The van der Waals surface area contributed by atoms with Crippen LogP contribution in [0, 0.1) is 5.82 Å². The molecule has 0 bridgehead atoms. The summed E-state index contributed by atoms with van der Waals surface area (Å²) >= 11 is 6.88. The van der Waals surface area contributed by atoms with Gasteiger partial charge in [0.2, 0.25) is 5.13 Å². The Morgan fingerprint density at radius 1 is 1.14 bits per heavy atom.